The monoisotopic (exact) mass is 373 g/mol. The number of benzene rings is 2. The fraction of sp³-hybridized carbons (Fsp3) is 0.333. The molecule has 2 atom stereocenters. The number of carbonyl (C=O) groups excluding carboxylic acids is 2. The van der Waals surface area contributed by atoms with Crippen molar-refractivity contribution in [2.24, 2.45) is 5.92 Å². The molecule has 2 bridgehead atoms. The highest BCUT2D eigenvalue weighted by atomic mass is 16.6. The zero-order chi connectivity index (χ0) is 19.5. The maximum Gasteiger partial charge on any atom is 0.410 e. The molecule has 142 valence electrons. The molecule has 2 aliphatic heterocycles. The van der Waals surface area contributed by atoms with Crippen LogP contribution < -0.4 is 0 Å². The van der Waals surface area contributed by atoms with Crippen LogP contribution in [0.2, 0.25) is 0 Å². The molecule has 4 heteroatoms. The molecule has 0 saturated carbocycles. The molecule has 28 heavy (non-hydrogen) atoms. The third-order valence-electron chi connectivity index (χ3n) is 5.86. The van der Waals surface area contributed by atoms with E-state index in [0.29, 0.717) is 18.4 Å². The summed E-state index contributed by atoms with van der Waals surface area (Å²) in [6.07, 6.45) is 8.39. The van der Waals surface area contributed by atoms with Gasteiger partial charge in [0.15, 0.2) is 5.78 Å². The molecule has 2 heterocycles. The van der Waals surface area contributed by atoms with Crippen LogP contribution in [-0.4, -0.2) is 28.9 Å². The van der Waals surface area contributed by atoms with Crippen LogP contribution >= 0.6 is 0 Å². The Morgan fingerprint density at radius 3 is 2.25 bits per heavy atom. The van der Waals surface area contributed by atoms with Crippen LogP contribution in [0.3, 0.4) is 0 Å². The van der Waals surface area contributed by atoms with E-state index in [4.69, 9.17) is 11.2 Å². The molecule has 0 aromatic heterocycles. The summed E-state index contributed by atoms with van der Waals surface area (Å²) in [4.78, 5) is 27.4. The van der Waals surface area contributed by atoms with E-state index < -0.39 is 0 Å². The lowest BCUT2D eigenvalue weighted by atomic mass is 9.85. The van der Waals surface area contributed by atoms with Crippen LogP contribution in [0, 0.1) is 18.3 Å². The molecule has 2 aromatic carbocycles. The van der Waals surface area contributed by atoms with Gasteiger partial charge < -0.3 is 9.64 Å². The molecule has 0 aliphatic carbocycles. The van der Waals surface area contributed by atoms with Crippen molar-refractivity contribution in [3.05, 3.63) is 71.3 Å². The van der Waals surface area contributed by atoms with E-state index in [1.54, 1.807) is 24.3 Å². The van der Waals surface area contributed by atoms with Crippen molar-refractivity contribution in [3.8, 4) is 12.3 Å². The lowest BCUT2D eigenvalue weighted by Gasteiger charge is -2.37. The molecule has 2 aromatic rings. The summed E-state index contributed by atoms with van der Waals surface area (Å²) < 4.78 is 5.54. The maximum absolute atomic E-state index is 12.9. The number of terminal acetylenes is 1. The topological polar surface area (TPSA) is 46.6 Å². The number of amides is 1. The molecule has 2 fully saturated rings. The summed E-state index contributed by atoms with van der Waals surface area (Å²) in [5.74, 6) is 2.67. The van der Waals surface area contributed by atoms with Gasteiger partial charge in [-0.25, -0.2) is 4.79 Å². The Morgan fingerprint density at radius 2 is 1.64 bits per heavy atom. The highest BCUT2D eigenvalue weighted by molar-refractivity contribution is 5.98. The Kier molecular flexibility index (Phi) is 5.16. The fourth-order valence-electron chi connectivity index (χ4n) is 4.45. The van der Waals surface area contributed by atoms with Gasteiger partial charge >= 0.3 is 6.09 Å². The number of piperidine rings is 1. The fourth-order valence-corrected chi connectivity index (χ4v) is 4.45. The predicted octanol–water partition coefficient (Wildman–Crippen LogP) is 4.43. The summed E-state index contributed by atoms with van der Waals surface area (Å²) >= 11 is 0. The number of rotatable bonds is 4. The van der Waals surface area contributed by atoms with Gasteiger partial charge in [-0.1, -0.05) is 48.4 Å². The first-order chi connectivity index (χ1) is 13.7. The number of Topliss-reactive ketones (excluding diaryl/α,β-unsaturated/α-hetero) is 1. The normalized spacial score (nSPS) is 23.1. The van der Waals surface area contributed by atoms with Gasteiger partial charge in [-0.2, -0.15) is 0 Å². The van der Waals surface area contributed by atoms with Gasteiger partial charge in [0.1, 0.15) is 6.61 Å². The third kappa shape index (κ3) is 3.66. The Hall–Kier alpha value is -3.06. The standard InChI is InChI=1S/C24H23NO3/c1-2-17-8-10-19(11-9-17)23(26)20-14-21-12-13-22(15-20)25(21)24(27)28-16-18-6-4-3-5-7-18/h1,3-11,20-22H,12-16H2. The molecular weight excluding hydrogens is 350 g/mol. The maximum atomic E-state index is 12.9. The minimum atomic E-state index is -0.263. The first kappa shape index (κ1) is 18.3. The average molecular weight is 373 g/mol. The summed E-state index contributed by atoms with van der Waals surface area (Å²) in [6.45, 7) is 0.277. The Labute approximate surface area is 165 Å². The minimum absolute atomic E-state index is 0.0487. The van der Waals surface area contributed by atoms with E-state index in [1.807, 2.05) is 35.2 Å². The van der Waals surface area contributed by atoms with E-state index >= 15 is 0 Å². The van der Waals surface area contributed by atoms with E-state index in [2.05, 4.69) is 5.92 Å². The van der Waals surface area contributed by atoms with Crippen LogP contribution in [0.1, 0.15) is 47.2 Å². The van der Waals surface area contributed by atoms with Gasteiger partial charge in [-0.05, 0) is 43.4 Å². The highest BCUT2D eigenvalue weighted by Gasteiger charge is 2.45. The summed E-state index contributed by atoms with van der Waals surface area (Å²) in [5.41, 5.74) is 2.44. The summed E-state index contributed by atoms with van der Waals surface area (Å²) in [5, 5.41) is 0. The van der Waals surface area contributed by atoms with Gasteiger partial charge in [0.2, 0.25) is 0 Å². The van der Waals surface area contributed by atoms with Crippen molar-refractivity contribution < 1.29 is 14.3 Å². The number of carbonyl (C=O) groups is 2. The van der Waals surface area contributed by atoms with Crippen molar-refractivity contribution in [1.29, 1.82) is 0 Å². The number of ether oxygens (including phenoxy) is 1. The molecule has 0 spiro atoms. The average Bonchev–Trinajstić information content (AvgIpc) is 3.01. The number of hydrogen-bond acceptors (Lipinski definition) is 3. The van der Waals surface area contributed by atoms with E-state index in [9.17, 15) is 9.59 Å². The Bertz CT molecular complexity index is 884. The summed E-state index contributed by atoms with van der Waals surface area (Å²) in [7, 11) is 0. The van der Waals surface area contributed by atoms with Crippen molar-refractivity contribution in [2.75, 3.05) is 0 Å². The van der Waals surface area contributed by atoms with Crippen LogP contribution in [0.5, 0.6) is 0 Å². The lowest BCUT2D eigenvalue weighted by molar-refractivity contribution is 0.0485. The van der Waals surface area contributed by atoms with Crippen molar-refractivity contribution in [3.63, 3.8) is 0 Å². The quantitative estimate of drug-likeness (QED) is 0.588. The number of hydrogen-bond donors (Lipinski definition) is 0. The van der Waals surface area contributed by atoms with Crippen molar-refractivity contribution in [1.82, 2.24) is 4.90 Å². The summed E-state index contributed by atoms with van der Waals surface area (Å²) in [6, 6.07) is 17.1. The lowest BCUT2D eigenvalue weighted by Crippen LogP contribution is -2.48. The SMILES string of the molecule is C#Cc1ccc(C(=O)C2CC3CCC(C2)N3C(=O)OCc2ccccc2)cc1. The van der Waals surface area contributed by atoms with Crippen molar-refractivity contribution >= 4 is 11.9 Å². The first-order valence-corrected chi connectivity index (χ1v) is 9.75. The minimum Gasteiger partial charge on any atom is -0.445 e. The molecule has 2 unspecified atom stereocenters. The highest BCUT2D eigenvalue weighted by Crippen LogP contribution is 2.40. The van der Waals surface area contributed by atoms with E-state index in [1.165, 1.54) is 0 Å². The zero-order valence-electron chi connectivity index (χ0n) is 15.7. The second-order valence-corrected chi connectivity index (χ2v) is 7.59. The molecule has 0 N–H and O–H groups in total. The van der Waals surface area contributed by atoms with Gasteiger partial charge in [-0.15, -0.1) is 6.42 Å². The van der Waals surface area contributed by atoms with Crippen LogP contribution in [0.15, 0.2) is 54.6 Å². The smallest absolute Gasteiger partial charge is 0.410 e. The molecule has 1 amide bonds. The zero-order valence-corrected chi connectivity index (χ0v) is 15.7. The number of nitrogens with zero attached hydrogens (tertiary/aromatic N) is 1. The molecule has 4 rings (SSSR count). The largest absolute Gasteiger partial charge is 0.445 e. The van der Waals surface area contributed by atoms with Crippen LogP contribution in [-0.2, 0) is 11.3 Å². The second kappa shape index (κ2) is 7.90. The first-order valence-electron chi connectivity index (χ1n) is 9.75. The van der Waals surface area contributed by atoms with Gasteiger partial charge in [0, 0.05) is 29.1 Å². The van der Waals surface area contributed by atoms with Crippen molar-refractivity contribution in [2.45, 2.75) is 44.4 Å². The molecule has 2 saturated heterocycles. The van der Waals surface area contributed by atoms with Gasteiger partial charge in [0.05, 0.1) is 0 Å². The van der Waals surface area contributed by atoms with Gasteiger partial charge in [0.25, 0.3) is 0 Å². The molecule has 0 radical (unpaired) electrons. The Morgan fingerprint density at radius 1 is 1.00 bits per heavy atom. The van der Waals surface area contributed by atoms with Crippen LogP contribution in [0.25, 0.3) is 0 Å². The third-order valence-corrected chi connectivity index (χ3v) is 5.86. The van der Waals surface area contributed by atoms with Gasteiger partial charge in [-0.3, -0.25) is 4.79 Å². The number of fused-ring (bicyclic) bond motifs is 2. The molecular formula is C24H23NO3. The second-order valence-electron chi connectivity index (χ2n) is 7.59. The predicted molar refractivity (Wildman–Crippen MR) is 107 cm³/mol. The molecule has 2 aliphatic rings. The van der Waals surface area contributed by atoms with E-state index in [-0.39, 0.29) is 36.5 Å². The number of ketones is 1. The Balaban J connectivity index is 1.39. The molecule has 4 nitrogen and oxygen atoms in total. The van der Waals surface area contributed by atoms with Crippen LogP contribution in [0.4, 0.5) is 4.79 Å². The van der Waals surface area contributed by atoms with E-state index in [0.717, 1.165) is 24.0 Å².